The second kappa shape index (κ2) is 7.14. The van der Waals surface area contributed by atoms with Crippen molar-refractivity contribution < 1.29 is 9.84 Å². The molecule has 1 saturated heterocycles. The van der Waals surface area contributed by atoms with Crippen LogP contribution in [-0.4, -0.2) is 22.9 Å². The second-order valence-electron chi connectivity index (χ2n) is 7.53. The zero-order valence-corrected chi connectivity index (χ0v) is 14.7. The Morgan fingerprint density at radius 2 is 2.09 bits per heavy atom. The minimum Gasteiger partial charge on any atom is -0.389 e. The van der Waals surface area contributed by atoms with Gasteiger partial charge in [0.15, 0.2) is 0 Å². The molecule has 2 heteroatoms. The van der Waals surface area contributed by atoms with Gasteiger partial charge in [-0.3, -0.25) is 0 Å². The molecule has 0 aromatic carbocycles. The summed E-state index contributed by atoms with van der Waals surface area (Å²) in [5, 5.41) is 10.5. The highest BCUT2D eigenvalue weighted by Crippen LogP contribution is 2.43. The lowest BCUT2D eigenvalue weighted by Gasteiger charge is -2.21. The zero-order chi connectivity index (χ0) is 16.3. The standard InChI is InChI=1S/C20H32O2/c1-14(2)17-10-8-15(3)9-11-19-20(5,22-19)12-6-7-16(4)18(21)13-17/h7-8,17-19,21H,1,6,9-13H2,2-5H3/b15-8+,16-7+/t17-,18-,19-,20-/m1/s1. The topological polar surface area (TPSA) is 32.8 Å². The average molecular weight is 304 g/mol. The number of hydrogen-bond donors (Lipinski definition) is 1. The van der Waals surface area contributed by atoms with Crippen molar-refractivity contribution in [3.8, 4) is 0 Å². The van der Waals surface area contributed by atoms with Gasteiger partial charge in [-0.25, -0.2) is 0 Å². The zero-order valence-electron chi connectivity index (χ0n) is 14.7. The molecule has 0 amide bonds. The van der Waals surface area contributed by atoms with Gasteiger partial charge in [-0.15, -0.1) is 0 Å². The van der Waals surface area contributed by atoms with Crippen LogP contribution in [0.3, 0.4) is 0 Å². The number of fused-ring (bicyclic) bond motifs is 1. The van der Waals surface area contributed by atoms with Crippen molar-refractivity contribution in [2.45, 2.75) is 84.0 Å². The number of epoxide rings is 1. The van der Waals surface area contributed by atoms with E-state index in [1.807, 2.05) is 6.92 Å². The van der Waals surface area contributed by atoms with Gasteiger partial charge in [0.2, 0.25) is 0 Å². The van der Waals surface area contributed by atoms with Crippen LogP contribution in [0.2, 0.25) is 0 Å². The molecule has 2 nitrogen and oxygen atoms in total. The van der Waals surface area contributed by atoms with E-state index in [0.717, 1.165) is 44.1 Å². The summed E-state index contributed by atoms with van der Waals surface area (Å²) in [5.74, 6) is 0.360. The molecule has 4 atom stereocenters. The summed E-state index contributed by atoms with van der Waals surface area (Å²) in [7, 11) is 0. The summed E-state index contributed by atoms with van der Waals surface area (Å²) in [6.07, 6.45) is 10.6. The summed E-state index contributed by atoms with van der Waals surface area (Å²) < 4.78 is 5.92. The van der Waals surface area contributed by atoms with Crippen LogP contribution in [0.15, 0.2) is 35.5 Å². The Kier molecular flexibility index (Phi) is 5.68. The molecule has 1 aliphatic carbocycles. The Morgan fingerprint density at radius 3 is 2.77 bits per heavy atom. The molecule has 0 spiro atoms. The third kappa shape index (κ3) is 4.57. The highest BCUT2D eigenvalue weighted by molar-refractivity contribution is 5.12. The van der Waals surface area contributed by atoms with Gasteiger partial charge in [-0.05, 0) is 77.7 Å². The van der Waals surface area contributed by atoms with E-state index in [0.29, 0.717) is 12.0 Å². The Hall–Kier alpha value is -0.860. The molecule has 0 saturated carbocycles. The molecule has 0 aromatic rings. The SMILES string of the molecule is C=C(C)[C@@H]1C/C=C(\C)CC[C@H]2O[C@]2(C)CC/C=C(\C)[C@H](O)C1. The van der Waals surface area contributed by atoms with Crippen LogP contribution in [0.25, 0.3) is 0 Å². The number of aliphatic hydroxyl groups excluding tert-OH is 1. The molecule has 0 bridgehead atoms. The van der Waals surface area contributed by atoms with Gasteiger partial charge in [0.1, 0.15) is 0 Å². The number of allylic oxidation sites excluding steroid dienone is 4. The Labute approximate surface area is 136 Å². The summed E-state index contributed by atoms with van der Waals surface area (Å²) in [4.78, 5) is 0. The normalized spacial score (nSPS) is 42.1. The smallest absolute Gasteiger partial charge is 0.0923 e. The van der Waals surface area contributed by atoms with Gasteiger partial charge in [0.25, 0.3) is 0 Å². The van der Waals surface area contributed by atoms with Crippen molar-refractivity contribution in [1.29, 1.82) is 0 Å². The van der Waals surface area contributed by atoms with E-state index >= 15 is 0 Å². The van der Waals surface area contributed by atoms with Crippen molar-refractivity contribution in [1.82, 2.24) is 0 Å². The van der Waals surface area contributed by atoms with Gasteiger partial charge in [0, 0.05) is 0 Å². The fourth-order valence-electron chi connectivity index (χ4n) is 3.36. The van der Waals surface area contributed by atoms with Crippen molar-refractivity contribution in [2.24, 2.45) is 5.92 Å². The molecule has 1 aliphatic heterocycles. The third-order valence-corrected chi connectivity index (χ3v) is 5.42. The predicted octanol–water partition coefficient (Wildman–Crippen LogP) is 4.94. The first-order valence-electron chi connectivity index (χ1n) is 8.65. The van der Waals surface area contributed by atoms with E-state index in [1.165, 1.54) is 11.1 Å². The predicted molar refractivity (Wildman–Crippen MR) is 92.8 cm³/mol. The van der Waals surface area contributed by atoms with E-state index in [-0.39, 0.29) is 11.7 Å². The molecule has 1 heterocycles. The van der Waals surface area contributed by atoms with Crippen molar-refractivity contribution in [2.75, 3.05) is 0 Å². The first-order chi connectivity index (χ1) is 10.3. The summed E-state index contributed by atoms with van der Waals surface area (Å²) in [6, 6.07) is 0. The molecule has 2 rings (SSSR count). The Balaban J connectivity index is 2.11. The molecule has 0 aromatic heterocycles. The van der Waals surface area contributed by atoms with Crippen LogP contribution >= 0.6 is 0 Å². The number of ether oxygens (including phenoxy) is 1. The van der Waals surface area contributed by atoms with Crippen LogP contribution in [0.4, 0.5) is 0 Å². The minimum absolute atomic E-state index is 0.0619. The average Bonchev–Trinajstić information content (AvgIpc) is 3.10. The van der Waals surface area contributed by atoms with E-state index < -0.39 is 0 Å². The molecule has 124 valence electrons. The van der Waals surface area contributed by atoms with Gasteiger partial charge in [0.05, 0.1) is 17.8 Å². The van der Waals surface area contributed by atoms with Gasteiger partial charge >= 0.3 is 0 Å². The molecule has 0 unspecified atom stereocenters. The largest absolute Gasteiger partial charge is 0.389 e. The summed E-state index contributed by atoms with van der Waals surface area (Å²) in [5.41, 5.74) is 3.75. The fourth-order valence-corrected chi connectivity index (χ4v) is 3.36. The lowest BCUT2D eigenvalue weighted by molar-refractivity contribution is 0.182. The van der Waals surface area contributed by atoms with E-state index in [2.05, 4.69) is 39.5 Å². The molecule has 0 radical (unpaired) electrons. The molecule has 2 aliphatic rings. The Bertz CT molecular complexity index is 474. The monoisotopic (exact) mass is 304 g/mol. The molecule has 22 heavy (non-hydrogen) atoms. The van der Waals surface area contributed by atoms with Gasteiger partial charge < -0.3 is 9.84 Å². The molecular formula is C20H32O2. The first-order valence-corrected chi connectivity index (χ1v) is 8.65. The highest BCUT2D eigenvalue weighted by atomic mass is 16.6. The Morgan fingerprint density at radius 1 is 1.36 bits per heavy atom. The minimum atomic E-state index is -0.359. The second-order valence-corrected chi connectivity index (χ2v) is 7.53. The fraction of sp³-hybridized carbons (Fsp3) is 0.700. The van der Waals surface area contributed by atoms with E-state index in [1.54, 1.807) is 0 Å². The van der Waals surface area contributed by atoms with Crippen LogP contribution in [0.1, 0.15) is 66.2 Å². The first kappa shape index (κ1) is 17.5. The van der Waals surface area contributed by atoms with Gasteiger partial charge in [-0.2, -0.15) is 0 Å². The van der Waals surface area contributed by atoms with Crippen LogP contribution in [0, 0.1) is 5.92 Å². The summed E-state index contributed by atoms with van der Waals surface area (Å²) in [6.45, 7) is 12.7. The van der Waals surface area contributed by atoms with Crippen molar-refractivity contribution in [3.05, 3.63) is 35.5 Å². The highest BCUT2D eigenvalue weighted by Gasteiger charge is 2.50. The van der Waals surface area contributed by atoms with Crippen LogP contribution in [0.5, 0.6) is 0 Å². The third-order valence-electron chi connectivity index (χ3n) is 5.42. The summed E-state index contributed by atoms with van der Waals surface area (Å²) >= 11 is 0. The van der Waals surface area contributed by atoms with Gasteiger partial charge in [-0.1, -0.05) is 29.9 Å². The maximum Gasteiger partial charge on any atom is 0.0923 e. The number of aliphatic hydroxyl groups is 1. The number of rotatable bonds is 1. The van der Waals surface area contributed by atoms with E-state index in [4.69, 9.17) is 4.74 Å². The van der Waals surface area contributed by atoms with Crippen molar-refractivity contribution in [3.63, 3.8) is 0 Å². The van der Waals surface area contributed by atoms with Crippen LogP contribution < -0.4 is 0 Å². The lowest BCUT2D eigenvalue weighted by atomic mass is 9.87. The quantitative estimate of drug-likeness (QED) is 0.549. The number of hydrogen-bond acceptors (Lipinski definition) is 2. The maximum atomic E-state index is 10.5. The molecule has 1 fully saturated rings. The lowest BCUT2D eigenvalue weighted by Crippen LogP contribution is -2.16. The van der Waals surface area contributed by atoms with E-state index in [9.17, 15) is 5.11 Å². The maximum absolute atomic E-state index is 10.5. The van der Waals surface area contributed by atoms with Crippen LogP contribution in [-0.2, 0) is 4.74 Å². The molecule has 1 N–H and O–H groups in total. The van der Waals surface area contributed by atoms with Crippen molar-refractivity contribution >= 4 is 0 Å². The molecular weight excluding hydrogens is 272 g/mol.